The van der Waals surface area contributed by atoms with Gasteiger partial charge in [-0.05, 0) is 38.3 Å². The van der Waals surface area contributed by atoms with Gasteiger partial charge in [0.05, 0.1) is 5.60 Å². The summed E-state index contributed by atoms with van der Waals surface area (Å²) in [6, 6.07) is 8.03. The summed E-state index contributed by atoms with van der Waals surface area (Å²) in [6.07, 6.45) is 1.79. The molecular weight excluding hydrogens is 176 g/mol. The maximum atomic E-state index is 9.84. The molecule has 0 aromatic heterocycles. The van der Waals surface area contributed by atoms with Crippen molar-refractivity contribution in [1.29, 1.82) is 0 Å². The fourth-order valence-corrected chi connectivity index (χ4v) is 1.82. The molecule has 76 valence electrons. The first-order valence-corrected chi connectivity index (χ1v) is 5.04. The molecule has 2 nitrogen and oxygen atoms in total. The minimum absolute atomic E-state index is 0.0857. The van der Waals surface area contributed by atoms with E-state index in [-0.39, 0.29) is 6.10 Å². The Morgan fingerprint density at radius 3 is 2.79 bits per heavy atom. The monoisotopic (exact) mass is 192 g/mol. The van der Waals surface area contributed by atoms with Gasteiger partial charge in [0.2, 0.25) is 0 Å². The van der Waals surface area contributed by atoms with Crippen LogP contribution >= 0.6 is 0 Å². The van der Waals surface area contributed by atoms with Crippen LogP contribution in [0.2, 0.25) is 0 Å². The molecule has 2 rings (SSSR count). The van der Waals surface area contributed by atoms with Gasteiger partial charge in [0, 0.05) is 0 Å². The van der Waals surface area contributed by atoms with E-state index in [2.05, 4.69) is 6.07 Å². The maximum Gasteiger partial charge on any atom is 0.127 e. The van der Waals surface area contributed by atoms with Crippen LogP contribution in [0.1, 0.15) is 25.8 Å². The lowest BCUT2D eigenvalue weighted by Crippen LogP contribution is -2.42. The number of ether oxygens (including phenoxy) is 1. The highest BCUT2D eigenvalue weighted by Crippen LogP contribution is 2.30. The Bertz CT molecular complexity index is 325. The predicted molar refractivity (Wildman–Crippen MR) is 55.5 cm³/mol. The van der Waals surface area contributed by atoms with Crippen LogP contribution in [0.15, 0.2) is 24.3 Å². The van der Waals surface area contributed by atoms with Crippen LogP contribution < -0.4 is 4.74 Å². The molecular formula is C12H16O2. The molecule has 0 bridgehead atoms. The van der Waals surface area contributed by atoms with Crippen molar-refractivity contribution in [2.75, 3.05) is 0 Å². The molecule has 0 saturated heterocycles. The van der Waals surface area contributed by atoms with E-state index in [0.29, 0.717) is 0 Å². The highest BCUT2D eigenvalue weighted by Gasteiger charge is 2.31. The van der Waals surface area contributed by atoms with E-state index in [9.17, 15) is 5.11 Å². The van der Waals surface area contributed by atoms with Gasteiger partial charge in [0.25, 0.3) is 0 Å². The normalized spacial score (nSPS) is 21.2. The molecule has 0 saturated carbocycles. The standard InChI is InChI=1S/C12H16O2/c1-12(2,13)11-8-7-9-5-3-4-6-10(9)14-11/h3-6,11,13H,7-8H2,1-2H3. The minimum atomic E-state index is -0.756. The molecule has 0 fully saturated rings. The fraction of sp³-hybridized carbons (Fsp3) is 0.500. The Hall–Kier alpha value is -1.02. The summed E-state index contributed by atoms with van der Waals surface area (Å²) < 4.78 is 5.75. The molecule has 14 heavy (non-hydrogen) atoms. The van der Waals surface area contributed by atoms with Crippen molar-refractivity contribution in [2.24, 2.45) is 0 Å². The molecule has 1 atom stereocenters. The predicted octanol–water partition coefficient (Wildman–Crippen LogP) is 2.15. The number of hydrogen-bond donors (Lipinski definition) is 1. The smallest absolute Gasteiger partial charge is 0.127 e. The molecule has 1 N–H and O–H groups in total. The summed E-state index contributed by atoms with van der Waals surface area (Å²) in [4.78, 5) is 0. The van der Waals surface area contributed by atoms with Crippen LogP contribution in [0, 0.1) is 0 Å². The summed E-state index contributed by atoms with van der Waals surface area (Å²) in [5.74, 6) is 0.922. The van der Waals surface area contributed by atoms with Gasteiger partial charge in [-0.15, -0.1) is 0 Å². The van der Waals surface area contributed by atoms with Gasteiger partial charge < -0.3 is 9.84 Å². The molecule has 0 spiro atoms. The van der Waals surface area contributed by atoms with Crippen molar-refractivity contribution in [3.8, 4) is 5.75 Å². The third kappa shape index (κ3) is 1.75. The number of benzene rings is 1. The number of aryl methyl sites for hydroxylation is 1. The van der Waals surface area contributed by atoms with Crippen molar-refractivity contribution >= 4 is 0 Å². The zero-order valence-corrected chi connectivity index (χ0v) is 8.66. The Labute approximate surface area is 84.5 Å². The van der Waals surface area contributed by atoms with Gasteiger partial charge in [-0.3, -0.25) is 0 Å². The second kappa shape index (κ2) is 3.28. The Morgan fingerprint density at radius 2 is 2.07 bits per heavy atom. The highest BCUT2D eigenvalue weighted by molar-refractivity contribution is 5.35. The molecule has 1 aromatic rings. The summed E-state index contributed by atoms with van der Waals surface area (Å²) >= 11 is 0. The molecule has 1 aliphatic heterocycles. The average Bonchev–Trinajstić information content (AvgIpc) is 2.16. The van der Waals surface area contributed by atoms with E-state index in [1.54, 1.807) is 13.8 Å². The summed E-state index contributed by atoms with van der Waals surface area (Å²) in [5.41, 5.74) is 0.487. The Morgan fingerprint density at radius 1 is 1.36 bits per heavy atom. The van der Waals surface area contributed by atoms with Crippen molar-refractivity contribution in [2.45, 2.75) is 38.4 Å². The van der Waals surface area contributed by atoms with E-state index in [1.165, 1.54) is 5.56 Å². The number of fused-ring (bicyclic) bond motifs is 1. The lowest BCUT2D eigenvalue weighted by atomic mass is 9.92. The number of aliphatic hydroxyl groups is 1. The number of para-hydroxylation sites is 1. The second-order valence-corrected chi connectivity index (χ2v) is 4.41. The largest absolute Gasteiger partial charge is 0.487 e. The van der Waals surface area contributed by atoms with Gasteiger partial charge in [-0.2, -0.15) is 0 Å². The van der Waals surface area contributed by atoms with Crippen LogP contribution in [0.3, 0.4) is 0 Å². The van der Waals surface area contributed by atoms with E-state index >= 15 is 0 Å². The van der Waals surface area contributed by atoms with Crippen molar-refractivity contribution < 1.29 is 9.84 Å². The third-order valence-electron chi connectivity index (χ3n) is 2.71. The van der Waals surface area contributed by atoms with Crippen LogP contribution in [0.5, 0.6) is 5.75 Å². The molecule has 1 aromatic carbocycles. The first-order chi connectivity index (χ1) is 6.57. The van der Waals surface area contributed by atoms with Gasteiger partial charge in [-0.25, -0.2) is 0 Å². The fourth-order valence-electron chi connectivity index (χ4n) is 1.82. The average molecular weight is 192 g/mol. The van der Waals surface area contributed by atoms with Gasteiger partial charge >= 0.3 is 0 Å². The van der Waals surface area contributed by atoms with Crippen LogP contribution in [-0.4, -0.2) is 16.8 Å². The minimum Gasteiger partial charge on any atom is -0.487 e. The quantitative estimate of drug-likeness (QED) is 0.738. The molecule has 1 aliphatic rings. The van der Waals surface area contributed by atoms with E-state index < -0.39 is 5.60 Å². The van der Waals surface area contributed by atoms with Gasteiger partial charge in [0.15, 0.2) is 0 Å². The molecule has 0 amide bonds. The summed E-state index contributed by atoms with van der Waals surface area (Å²) in [6.45, 7) is 3.59. The zero-order valence-electron chi connectivity index (χ0n) is 8.66. The van der Waals surface area contributed by atoms with Crippen LogP contribution in [-0.2, 0) is 6.42 Å². The topological polar surface area (TPSA) is 29.5 Å². The van der Waals surface area contributed by atoms with Gasteiger partial charge in [0.1, 0.15) is 11.9 Å². The summed E-state index contributed by atoms with van der Waals surface area (Å²) in [7, 11) is 0. The van der Waals surface area contributed by atoms with Crippen LogP contribution in [0.4, 0.5) is 0 Å². The maximum absolute atomic E-state index is 9.84. The summed E-state index contributed by atoms with van der Waals surface area (Å²) in [5, 5.41) is 9.84. The molecule has 2 heteroatoms. The van der Waals surface area contributed by atoms with Gasteiger partial charge in [-0.1, -0.05) is 18.2 Å². The number of rotatable bonds is 1. The lowest BCUT2D eigenvalue weighted by molar-refractivity contribution is -0.0424. The van der Waals surface area contributed by atoms with E-state index in [1.807, 2.05) is 18.2 Å². The SMILES string of the molecule is CC(C)(O)C1CCc2ccccc2O1. The second-order valence-electron chi connectivity index (χ2n) is 4.41. The Kier molecular flexibility index (Phi) is 2.23. The molecule has 1 heterocycles. The first kappa shape index (κ1) is 9.53. The molecule has 0 aliphatic carbocycles. The third-order valence-corrected chi connectivity index (χ3v) is 2.71. The molecule has 0 radical (unpaired) electrons. The highest BCUT2D eigenvalue weighted by atomic mass is 16.5. The Balaban J connectivity index is 2.22. The zero-order chi connectivity index (χ0) is 10.2. The van der Waals surface area contributed by atoms with Crippen molar-refractivity contribution in [1.82, 2.24) is 0 Å². The van der Waals surface area contributed by atoms with E-state index in [4.69, 9.17) is 4.74 Å². The lowest BCUT2D eigenvalue weighted by Gasteiger charge is -2.34. The number of hydrogen-bond acceptors (Lipinski definition) is 2. The van der Waals surface area contributed by atoms with Crippen LogP contribution in [0.25, 0.3) is 0 Å². The van der Waals surface area contributed by atoms with E-state index in [0.717, 1.165) is 18.6 Å². The van der Waals surface area contributed by atoms with Crippen molar-refractivity contribution in [3.63, 3.8) is 0 Å². The first-order valence-electron chi connectivity index (χ1n) is 5.04. The van der Waals surface area contributed by atoms with Crippen molar-refractivity contribution in [3.05, 3.63) is 29.8 Å². The molecule has 1 unspecified atom stereocenters.